The Morgan fingerprint density at radius 3 is 2.75 bits per heavy atom. The van der Waals surface area contributed by atoms with Crippen molar-refractivity contribution < 1.29 is 14.1 Å². The second-order valence-electron chi connectivity index (χ2n) is 6.01. The molecule has 1 saturated heterocycles. The van der Waals surface area contributed by atoms with E-state index in [0.29, 0.717) is 11.3 Å². The number of allylic oxidation sites excluding steroid dienone is 1. The van der Waals surface area contributed by atoms with Crippen LogP contribution in [0.25, 0.3) is 6.08 Å². The second-order valence-corrected chi connectivity index (χ2v) is 6.79. The molecular formula is C19H22FN2OS+. The highest BCUT2D eigenvalue weighted by Crippen LogP contribution is 2.21. The van der Waals surface area contributed by atoms with Crippen molar-refractivity contribution in [3.05, 3.63) is 58.0 Å². The zero-order valence-corrected chi connectivity index (χ0v) is 14.6. The van der Waals surface area contributed by atoms with Gasteiger partial charge in [0.1, 0.15) is 5.82 Å². The van der Waals surface area contributed by atoms with Crippen molar-refractivity contribution in [2.75, 3.05) is 37.6 Å². The third-order valence-corrected chi connectivity index (χ3v) is 5.22. The van der Waals surface area contributed by atoms with Gasteiger partial charge in [-0.1, -0.05) is 6.08 Å². The molecule has 0 radical (unpaired) electrons. The fraction of sp³-hybridized carbons (Fsp3) is 0.316. The number of rotatable bonds is 5. The molecule has 0 bridgehead atoms. The average molecular weight is 345 g/mol. The number of piperazine rings is 1. The SMILES string of the molecule is CC[NH+]1CCN(c2ccc(C(=O)/C=C/c3ccsc3)cc2F)CC1. The van der Waals surface area contributed by atoms with Crippen molar-refractivity contribution in [1.29, 1.82) is 0 Å². The van der Waals surface area contributed by atoms with Crippen LogP contribution in [0.3, 0.4) is 0 Å². The summed E-state index contributed by atoms with van der Waals surface area (Å²) in [7, 11) is 0. The van der Waals surface area contributed by atoms with E-state index in [2.05, 4.69) is 11.8 Å². The molecule has 2 heterocycles. The molecule has 0 saturated carbocycles. The number of benzene rings is 1. The number of anilines is 1. The molecule has 1 fully saturated rings. The first-order valence-electron chi connectivity index (χ1n) is 8.30. The highest BCUT2D eigenvalue weighted by Gasteiger charge is 2.21. The number of quaternary nitrogens is 1. The molecule has 1 N–H and O–H groups in total. The maximum absolute atomic E-state index is 14.5. The third-order valence-electron chi connectivity index (χ3n) is 4.51. The van der Waals surface area contributed by atoms with Gasteiger partial charge in [0.2, 0.25) is 0 Å². The van der Waals surface area contributed by atoms with Crippen molar-refractivity contribution in [3.63, 3.8) is 0 Å². The minimum Gasteiger partial charge on any atom is -0.358 e. The van der Waals surface area contributed by atoms with Crippen LogP contribution in [0.2, 0.25) is 0 Å². The van der Waals surface area contributed by atoms with Crippen LogP contribution in [-0.2, 0) is 0 Å². The largest absolute Gasteiger partial charge is 0.358 e. The van der Waals surface area contributed by atoms with E-state index in [1.807, 2.05) is 16.8 Å². The summed E-state index contributed by atoms with van der Waals surface area (Å²) < 4.78 is 14.5. The standard InChI is InChI=1S/C19H21FN2OS/c1-2-21-8-10-22(11-9-21)18-5-4-16(13-17(18)20)19(23)6-3-15-7-12-24-14-15/h3-7,12-14H,2,8-11H2,1H3/p+1/b6-3+. The molecule has 3 rings (SSSR count). The van der Waals surface area contributed by atoms with E-state index < -0.39 is 0 Å². The number of thiophene rings is 1. The minimum absolute atomic E-state index is 0.174. The third kappa shape index (κ3) is 3.91. The summed E-state index contributed by atoms with van der Waals surface area (Å²) >= 11 is 1.58. The van der Waals surface area contributed by atoms with Gasteiger partial charge in [-0.05, 0) is 53.6 Å². The predicted molar refractivity (Wildman–Crippen MR) is 97.5 cm³/mol. The molecule has 3 nitrogen and oxygen atoms in total. The molecule has 0 atom stereocenters. The Bertz CT molecular complexity index is 719. The molecule has 0 unspecified atom stereocenters. The Kier molecular flexibility index (Phi) is 5.43. The number of hydrogen-bond acceptors (Lipinski definition) is 3. The Balaban J connectivity index is 1.69. The first-order valence-corrected chi connectivity index (χ1v) is 9.24. The summed E-state index contributed by atoms with van der Waals surface area (Å²) in [5.41, 5.74) is 1.98. The lowest BCUT2D eigenvalue weighted by atomic mass is 10.1. The number of nitrogens with one attached hydrogen (secondary N) is 1. The molecule has 0 amide bonds. The Labute approximate surface area is 146 Å². The van der Waals surface area contributed by atoms with E-state index >= 15 is 0 Å². The number of nitrogens with zero attached hydrogens (tertiary/aromatic N) is 1. The van der Waals surface area contributed by atoms with Crippen LogP contribution < -0.4 is 9.80 Å². The van der Waals surface area contributed by atoms with Crippen LogP contribution in [0.15, 0.2) is 41.1 Å². The first kappa shape index (κ1) is 16.9. The highest BCUT2D eigenvalue weighted by atomic mass is 32.1. The van der Waals surface area contributed by atoms with Gasteiger partial charge >= 0.3 is 0 Å². The second kappa shape index (κ2) is 7.73. The molecule has 1 aliphatic rings. The Morgan fingerprint density at radius 1 is 1.33 bits per heavy atom. The van der Waals surface area contributed by atoms with Gasteiger partial charge in [-0.15, -0.1) is 0 Å². The molecule has 0 aliphatic carbocycles. The zero-order chi connectivity index (χ0) is 16.9. The van der Waals surface area contributed by atoms with Crippen LogP contribution >= 0.6 is 11.3 Å². The monoisotopic (exact) mass is 345 g/mol. The van der Waals surface area contributed by atoms with Gasteiger partial charge in [-0.2, -0.15) is 11.3 Å². The van der Waals surface area contributed by atoms with Gasteiger partial charge < -0.3 is 9.80 Å². The van der Waals surface area contributed by atoms with Crippen LogP contribution in [0, 0.1) is 5.82 Å². The van der Waals surface area contributed by atoms with Gasteiger partial charge in [0.05, 0.1) is 38.4 Å². The van der Waals surface area contributed by atoms with Gasteiger partial charge in [-0.25, -0.2) is 4.39 Å². The lowest BCUT2D eigenvalue weighted by Gasteiger charge is -2.33. The van der Waals surface area contributed by atoms with Gasteiger partial charge in [0, 0.05) is 5.56 Å². The fourth-order valence-corrected chi connectivity index (χ4v) is 3.60. The zero-order valence-electron chi connectivity index (χ0n) is 13.8. The molecule has 5 heteroatoms. The van der Waals surface area contributed by atoms with Crippen molar-refractivity contribution in [2.24, 2.45) is 0 Å². The van der Waals surface area contributed by atoms with Crippen LogP contribution in [0.1, 0.15) is 22.8 Å². The molecule has 1 aliphatic heterocycles. The topological polar surface area (TPSA) is 24.8 Å². The summed E-state index contributed by atoms with van der Waals surface area (Å²) in [6, 6.07) is 6.75. The fourth-order valence-electron chi connectivity index (χ4n) is 2.97. The van der Waals surface area contributed by atoms with Crippen molar-refractivity contribution in [1.82, 2.24) is 0 Å². The summed E-state index contributed by atoms with van der Waals surface area (Å²) in [6.07, 6.45) is 3.26. The summed E-state index contributed by atoms with van der Waals surface area (Å²) in [5, 5.41) is 3.92. The normalized spacial score (nSPS) is 16.0. The summed E-state index contributed by atoms with van der Waals surface area (Å²) in [4.78, 5) is 15.8. The van der Waals surface area contributed by atoms with E-state index in [0.717, 1.165) is 38.3 Å². The first-order chi connectivity index (χ1) is 11.7. The van der Waals surface area contributed by atoms with Crippen molar-refractivity contribution >= 4 is 28.9 Å². The number of halogens is 1. The highest BCUT2D eigenvalue weighted by molar-refractivity contribution is 7.08. The van der Waals surface area contributed by atoms with E-state index in [4.69, 9.17) is 0 Å². The van der Waals surface area contributed by atoms with Crippen LogP contribution in [-0.4, -0.2) is 38.5 Å². The number of carbonyl (C=O) groups is 1. The van der Waals surface area contributed by atoms with Crippen molar-refractivity contribution in [3.8, 4) is 0 Å². The number of likely N-dealkylation sites (N-methyl/N-ethyl adjacent to an activating group) is 1. The van der Waals surface area contributed by atoms with Gasteiger partial charge in [0.25, 0.3) is 0 Å². The van der Waals surface area contributed by atoms with Crippen LogP contribution in [0.5, 0.6) is 0 Å². The predicted octanol–water partition coefficient (Wildman–Crippen LogP) is 2.51. The molecule has 0 spiro atoms. The molecule has 126 valence electrons. The maximum Gasteiger partial charge on any atom is 0.185 e. The smallest absolute Gasteiger partial charge is 0.185 e. The summed E-state index contributed by atoms with van der Waals surface area (Å²) in [6.45, 7) is 7.05. The molecule has 1 aromatic heterocycles. The lowest BCUT2D eigenvalue weighted by molar-refractivity contribution is -0.898. The summed E-state index contributed by atoms with van der Waals surface area (Å²) in [5.74, 6) is -0.489. The van der Waals surface area contributed by atoms with Crippen LogP contribution in [0.4, 0.5) is 10.1 Å². The molecule has 24 heavy (non-hydrogen) atoms. The van der Waals surface area contributed by atoms with Gasteiger partial charge in [-0.3, -0.25) is 4.79 Å². The van der Waals surface area contributed by atoms with E-state index in [1.165, 1.54) is 12.1 Å². The molecule has 1 aromatic carbocycles. The number of carbonyl (C=O) groups excluding carboxylic acids is 1. The van der Waals surface area contributed by atoms with Crippen molar-refractivity contribution in [2.45, 2.75) is 6.92 Å². The lowest BCUT2D eigenvalue weighted by Crippen LogP contribution is -3.14. The van der Waals surface area contributed by atoms with E-state index in [9.17, 15) is 9.18 Å². The molecular weight excluding hydrogens is 323 g/mol. The maximum atomic E-state index is 14.5. The quantitative estimate of drug-likeness (QED) is 0.665. The molecule has 2 aromatic rings. The number of hydrogen-bond donors (Lipinski definition) is 1. The van der Waals surface area contributed by atoms with E-state index in [1.54, 1.807) is 34.4 Å². The minimum atomic E-state index is -0.315. The number of ketones is 1. The Morgan fingerprint density at radius 2 is 2.12 bits per heavy atom. The Hall–Kier alpha value is -1.98. The average Bonchev–Trinajstić information content (AvgIpc) is 3.13. The van der Waals surface area contributed by atoms with Gasteiger partial charge in [0.15, 0.2) is 5.78 Å². The van der Waals surface area contributed by atoms with E-state index in [-0.39, 0.29) is 11.6 Å².